The molecule has 3 unspecified atom stereocenters. The molecule has 0 saturated carbocycles. The standard InChI is InChI=1S/3C14H23O2PS2.Mo/c3*1-3-5-8-12-9-7-11-14(16-17(15,18)19)13(12)10-6-4-2;/h3*7,9,11H,3-6,8,10H2,1-2H3,(H2,15,18,19);/p-6. The van der Waals surface area contributed by atoms with Crippen molar-refractivity contribution in [3.8, 4) is 17.2 Å². The first kappa shape index (κ1) is 58.6. The van der Waals surface area contributed by atoms with Crippen molar-refractivity contribution in [1.82, 2.24) is 0 Å². The largest absolute Gasteiger partial charge is 0.809 e. The molecule has 3 aromatic carbocycles. The van der Waals surface area contributed by atoms with Crippen LogP contribution in [-0.2, 0) is 132 Å². The zero-order valence-electron chi connectivity index (χ0n) is 35.1. The molecule has 0 aliphatic carbocycles. The van der Waals surface area contributed by atoms with Crippen LogP contribution in [0.15, 0.2) is 54.6 Å². The van der Waals surface area contributed by atoms with Crippen LogP contribution in [0, 0.1) is 0 Å². The Kier molecular flexibility index (Phi) is 32.7. The molecule has 0 N–H and O–H groups in total. The summed E-state index contributed by atoms with van der Waals surface area (Å²) in [4.78, 5) is 34.6. The quantitative estimate of drug-likeness (QED) is 0.0485. The second kappa shape index (κ2) is 32.3. The van der Waals surface area contributed by atoms with Gasteiger partial charge in [-0.05, 0) is 129 Å². The predicted molar refractivity (Wildman–Crippen MR) is 258 cm³/mol. The Bertz CT molecular complexity index is 1540. The van der Waals surface area contributed by atoms with Crippen molar-refractivity contribution in [3.63, 3.8) is 0 Å². The molecule has 0 aromatic heterocycles. The molecule has 0 aliphatic heterocycles. The van der Waals surface area contributed by atoms with E-state index in [0.717, 1.165) is 132 Å². The van der Waals surface area contributed by atoms with Gasteiger partial charge in [-0.25, -0.2) is 0 Å². The summed E-state index contributed by atoms with van der Waals surface area (Å²) in [7, 11) is 0. The number of benzene rings is 3. The predicted octanol–water partition coefficient (Wildman–Crippen LogP) is 11.6. The molecule has 0 radical (unpaired) electrons. The summed E-state index contributed by atoms with van der Waals surface area (Å²) < 4.78 is 16.0. The topological polar surface area (TPSA) is 96.9 Å². The molecular weight excluding hydrogens is 982 g/mol. The molecule has 3 aromatic rings. The van der Waals surface area contributed by atoms with Gasteiger partial charge in [0.25, 0.3) is 0 Å². The van der Waals surface area contributed by atoms with E-state index in [4.69, 9.17) is 85.7 Å². The van der Waals surface area contributed by atoms with E-state index in [9.17, 15) is 14.7 Å². The van der Waals surface area contributed by atoms with Gasteiger partial charge in [-0.2, -0.15) is 0 Å². The molecule has 0 heterocycles. The fourth-order valence-corrected chi connectivity index (χ4v) is 8.85. The minimum Gasteiger partial charge on any atom is -0.809 e. The molecule has 16 heteroatoms. The third-order valence-electron chi connectivity index (χ3n) is 9.06. The van der Waals surface area contributed by atoms with Gasteiger partial charge in [0.15, 0.2) is 0 Å². The summed E-state index contributed by atoms with van der Waals surface area (Å²) in [5, 5.41) is 0. The van der Waals surface area contributed by atoms with Crippen LogP contribution in [0.25, 0.3) is 0 Å². The van der Waals surface area contributed by atoms with Crippen molar-refractivity contribution in [2.45, 2.75) is 157 Å². The molecule has 0 fully saturated rings. The molecule has 0 bridgehead atoms. The molecule has 3 rings (SSSR count). The van der Waals surface area contributed by atoms with Crippen molar-refractivity contribution in [1.29, 1.82) is 0 Å². The van der Waals surface area contributed by atoms with Gasteiger partial charge < -0.3 is 65.0 Å². The van der Waals surface area contributed by atoms with Gasteiger partial charge in [0, 0.05) is 21.1 Å². The minimum absolute atomic E-state index is 0. The molecule has 0 aliphatic rings. The zero-order valence-corrected chi connectivity index (χ0v) is 44.7. The Morgan fingerprint density at radius 3 is 0.810 bits per heavy atom. The van der Waals surface area contributed by atoms with Crippen LogP contribution in [0.3, 0.4) is 0 Å². The number of hydrogen-bond acceptors (Lipinski definition) is 12. The van der Waals surface area contributed by atoms with Crippen LogP contribution >= 0.6 is 17.1 Å². The van der Waals surface area contributed by atoms with Gasteiger partial charge in [0.2, 0.25) is 0 Å². The molecule has 330 valence electrons. The van der Waals surface area contributed by atoms with Crippen molar-refractivity contribution in [2.24, 2.45) is 0 Å². The molecule has 58 heavy (non-hydrogen) atoms. The Hall–Kier alpha value is 0.628. The Balaban J connectivity index is 0.000000833. The third kappa shape index (κ3) is 26.3. The Morgan fingerprint density at radius 1 is 0.414 bits per heavy atom. The molecule has 0 amide bonds. The fourth-order valence-electron chi connectivity index (χ4n) is 6.17. The molecule has 0 spiro atoms. The van der Waals surface area contributed by atoms with Gasteiger partial charge >= 0.3 is 0 Å². The molecule has 6 nitrogen and oxygen atoms in total. The monoisotopic (exact) mass is 1050 g/mol. The van der Waals surface area contributed by atoms with E-state index >= 15 is 0 Å². The van der Waals surface area contributed by atoms with E-state index in [1.807, 2.05) is 36.4 Å². The maximum Gasteiger partial charge on any atom is 0.123 e. The van der Waals surface area contributed by atoms with Gasteiger partial charge in [0.1, 0.15) is 17.2 Å². The maximum absolute atomic E-state index is 11.5. The van der Waals surface area contributed by atoms with E-state index in [2.05, 4.69) is 59.7 Å². The van der Waals surface area contributed by atoms with Gasteiger partial charge in [-0.1, -0.05) is 169 Å². The smallest absolute Gasteiger partial charge is 0.123 e. The number of aryl methyl sites for hydroxylation is 3. The normalized spacial score (nSPS) is 13.9. The summed E-state index contributed by atoms with van der Waals surface area (Å²) in [5.41, 5.74) is -2.77. The second-order valence-electron chi connectivity index (χ2n) is 13.9. The molecular formula is C42H63MoO6P3S6-6. The van der Waals surface area contributed by atoms with Crippen molar-refractivity contribution >= 4 is 89.2 Å². The third-order valence-corrected chi connectivity index (χ3v) is 11.7. The second-order valence-corrected chi connectivity index (χ2v) is 27.9. The SMILES string of the molecule is CCCCc1cccc(OP([O-])(=S)[S-])c1CCCC.CCCCc1cccc(OP([O-])(=S)[S-])c1CCCC.CCCCc1cccc(OP([O-])(=S)[S-])c1CCCC.[Mo]. The number of unbranched alkanes of at least 4 members (excludes halogenated alkanes) is 6. The van der Waals surface area contributed by atoms with E-state index in [0.29, 0.717) is 17.2 Å². The first-order valence-corrected chi connectivity index (χ1v) is 31.4. The average Bonchev–Trinajstić information content (AvgIpc) is 3.13. The fraction of sp³-hybridized carbons (Fsp3) is 0.571. The summed E-state index contributed by atoms with van der Waals surface area (Å²) >= 11 is 28.3. The zero-order chi connectivity index (χ0) is 42.9. The summed E-state index contributed by atoms with van der Waals surface area (Å²) in [6.45, 7) is 13.0. The number of rotatable bonds is 24. The Morgan fingerprint density at radius 2 is 0.621 bits per heavy atom. The van der Waals surface area contributed by atoms with Crippen LogP contribution in [0.1, 0.15) is 152 Å². The van der Waals surface area contributed by atoms with Crippen LogP contribution < -0.4 is 28.3 Å². The number of hydrogen-bond donors (Lipinski definition) is 0. The van der Waals surface area contributed by atoms with Gasteiger partial charge in [-0.15, -0.1) is 0 Å². The first-order chi connectivity index (χ1) is 26.9. The van der Waals surface area contributed by atoms with E-state index in [1.54, 1.807) is 0 Å². The van der Waals surface area contributed by atoms with Crippen LogP contribution in [0.4, 0.5) is 0 Å². The first-order valence-electron chi connectivity index (χ1n) is 20.4. The molecule has 0 saturated heterocycles. The van der Waals surface area contributed by atoms with Crippen LogP contribution in [-0.4, -0.2) is 0 Å². The minimum atomic E-state index is -3.33. The van der Waals surface area contributed by atoms with E-state index in [1.165, 1.54) is 16.7 Å². The Labute approximate surface area is 397 Å². The van der Waals surface area contributed by atoms with E-state index in [-0.39, 0.29) is 21.1 Å². The summed E-state index contributed by atoms with van der Waals surface area (Å²) in [6.07, 6.45) is 19.3. The van der Waals surface area contributed by atoms with E-state index < -0.39 is 17.1 Å². The summed E-state index contributed by atoms with van der Waals surface area (Å²) in [6, 6.07) is 17.6. The maximum atomic E-state index is 11.5. The average molecular weight is 1050 g/mol. The van der Waals surface area contributed by atoms with Gasteiger partial charge in [0.05, 0.1) is 0 Å². The van der Waals surface area contributed by atoms with Crippen molar-refractivity contribution in [2.75, 3.05) is 0 Å². The van der Waals surface area contributed by atoms with Gasteiger partial charge in [-0.3, -0.25) is 0 Å². The van der Waals surface area contributed by atoms with Crippen LogP contribution in [0.2, 0.25) is 0 Å². The van der Waals surface area contributed by atoms with Crippen LogP contribution in [0.5, 0.6) is 17.2 Å². The van der Waals surface area contributed by atoms with Crippen molar-refractivity contribution in [3.05, 3.63) is 88.0 Å². The van der Waals surface area contributed by atoms with Crippen molar-refractivity contribution < 1.29 is 49.3 Å². The molecule has 3 atom stereocenters. The summed E-state index contributed by atoms with van der Waals surface area (Å²) in [5.74, 6) is 1.86.